The molecule has 0 saturated heterocycles. The summed E-state index contributed by atoms with van der Waals surface area (Å²) in [6, 6.07) is 9.01. The van der Waals surface area contributed by atoms with Crippen LogP contribution in [0.1, 0.15) is 43.2 Å². The largest absolute Gasteiger partial charge is 0.330 e. The molecule has 2 saturated carbocycles. The molecule has 3 rings (SSSR count). The van der Waals surface area contributed by atoms with Crippen molar-refractivity contribution in [3.8, 4) is 0 Å². The molecule has 0 amide bonds. The summed E-state index contributed by atoms with van der Waals surface area (Å²) in [6.07, 6.45) is 6.99. The minimum atomic E-state index is 0.314. The highest BCUT2D eigenvalue weighted by atomic mass is 14.7. The maximum atomic E-state index is 6.04. The summed E-state index contributed by atoms with van der Waals surface area (Å²) < 4.78 is 0. The van der Waals surface area contributed by atoms with E-state index in [2.05, 4.69) is 31.2 Å². The van der Waals surface area contributed by atoms with Crippen LogP contribution in [0, 0.1) is 12.3 Å². The Hall–Kier alpha value is -0.820. The molecule has 0 radical (unpaired) electrons. The van der Waals surface area contributed by atoms with Gasteiger partial charge in [0.15, 0.2) is 0 Å². The maximum Gasteiger partial charge on any atom is 0.00861 e. The predicted octanol–water partition coefficient (Wildman–Crippen LogP) is 3.16. The van der Waals surface area contributed by atoms with Gasteiger partial charge < -0.3 is 5.73 Å². The highest BCUT2D eigenvalue weighted by molar-refractivity contribution is 5.34. The Morgan fingerprint density at radius 2 is 1.75 bits per heavy atom. The van der Waals surface area contributed by atoms with Crippen molar-refractivity contribution >= 4 is 0 Å². The summed E-state index contributed by atoms with van der Waals surface area (Å²) in [5.41, 5.74) is 9.86. The van der Waals surface area contributed by atoms with Crippen LogP contribution in [-0.2, 0) is 5.41 Å². The molecule has 86 valence electrons. The van der Waals surface area contributed by atoms with Gasteiger partial charge in [-0.15, -0.1) is 0 Å². The molecule has 2 fully saturated rings. The standard InChI is InChI=1S/C15H21N/c1-12-3-5-13(6-4-12)15(11-16)9-14(10-15)7-2-8-14/h3-6H,2,7-11,16H2,1H3. The van der Waals surface area contributed by atoms with Crippen LogP contribution in [0.2, 0.25) is 0 Å². The Morgan fingerprint density at radius 3 is 2.19 bits per heavy atom. The molecular formula is C15H21N. The van der Waals surface area contributed by atoms with Crippen LogP contribution < -0.4 is 5.73 Å². The highest BCUT2D eigenvalue weighted by Crippen LogP contribution is 2.64. The molecule has 1 nitrogen and oxygen atoms in total. The van der Waals surface area contributed by atoms with Gasteiger partial charge in [-0.2, -0.15) is 0 Å². The molecule has 2 aliphatic carbocycles. The third-order valence-electron chi connectivity index (χ3n) is 4.90. The van der Waals surface area contributed by atoms with Crippen molar-refractivity contribution in [1.29, 1.82) is 0 Å². The quantitative estimate of drug-likeness (QED) is 0.805. The number of rotatable bonds is 2. The molecule has 1 spiro atoms. The molecule has 0 bridgehead atoms. The molecule has 0 atom stereocenters. The number of benzene rings is 1. The van der Waals surface area contributed by atoms with Crippen molar-refractivity contribution in [2.24, 2.45) is 11.1 Å². The van der Waals surface area contributed by atoms with E-state index in [0.29, 0.717) is 10.8 Å². The van der Waals surface area contributed by atoms with Crippen LogP contribution in [0.15, 0.2) is 24.3 Å². The van der Waals surface area contributed by atoms with Crippen LogP contribution in [0.4, 0.5) is 0 Å². The van der Waals surface area contributed by atoms with Gasteiger partial charge in [0.1, 0.15) is 0 Å². The number of hydrogen-bond donors (Lipinski definition) is 1. The van der Waals surface area contributed by atoms with Crippen LogP contribution >= 0.6 is 0 Å². The van der Waals surface area contributed by atoms with Gasteiger partial charge >= 0.3 is 0 Å². The third-order valence-corrected chi connectivity index (χ3v) is 4.90. The average molecular weight is 215 g/mol. The fourth-order valence-corrected chi connectivity index (χ4v) is 3.79. The van der Waals surface area contributed by atoms with E-state index in [9.17, 15) is 0 Å². The van der Waals surface area contributed by atoms with Crippen LogP contribution in [-0.4, -0.2) is 6.54 Å². The van der Waals surface area contributed by atoms with Crippen LogP contribution in [0.5, 0.6) is 0 Å². The lowest BCUT2D eigenvalue weighted by Crippen LogP contribution is -2.56. The Bertz CT molecular complexity index is 378. The van der Waals surface area contributed by atoms with Gasteiger partial charge in [0, 0.05) is 12.0 Å². The second-order valence-corrected chi connectivity index (χ2v) is 6.06. The van der Waals surface area contributed by atoms with E-state index in [0.717, 1.165) is 6.54 Å². The second-order valence-electron chi connectivity index (χ2n) is 6.06. The maximum absolute atomic E-state index is 6.04. The molecule has 1 heteroatoms. The summed E-state index contributed by atoms with van der Waals surface area (Å²) in [6.45, 7) is 2.96. The van der Waals surface area contributed by atoms with Crippen molar-refractivity contribution in [3.05, 3.63) is 35.4 Å². The van der Waals surface area contributed by atoms with Gasteiger partial charge in [0.25, 0.3) is 0 Å². The van der Waals surface area contributed by atoms with E-state index in [1.807, 2.05) is 0 Å². The van der Waals surface area contributed by atoms with Crippen molar-refractivity contribution in [3.63, 3.8) is 0 Å². The SMILES string of the molecule is Cc1ccc(C2(CN)CC3(CCC3)C2)cc1. The fraction of sp³-hybridized carbons (Fsp3) is 0.600. The Morgan fingerprint density at radius 1 is 1.12 bits per heavy atom. The van der Waals surface area contributed by atoms with Gasteiger partial charge in [-0.1, -0.05) is 36.2 Å². The van der Waals surface area contributed by atoms with Crippen molar-refractivity contribution < 1.29 is 0 Å². The Balaban J connectivity index is 1.84. The average Bonchev–Trinajstić information content (AvgIpc) is 2.17. The lowest BCUT2D eigenvalue weighted by atomic mass is 9.44. The monoisotopic (exact) mass is 215 g/mol. The van der Waals surface area contributed by atoms with Crippen molar-refractivity contribution in [2.45, 2.75) is 44.4 Å². The molecule has 0 heterocycles. The first kappa shape index (κ1) is 10.3. The van der Waals surface area contributed by atoms with Gasteiger partial charge in [0.05, 0.1) is 0 Å². The predicted molar refractivity (Wildman–Crippen MR) is 67.4 cm³/mol. The molecule has 2 aliphatic rings. The van der Waals surface area contributed by atoms with E-state index in [4.69, 9.17) is 5.73 Å². The molecule has 0 unspecified atom stereocenters. The van der Waals surface area contributed by atoms with E-state index in [-0.39, 0.29) is 0 Å². The zero-order chi connectivity index (χ0) is 11.2. The molecule has 0 aromatic heterocycles. The molecular weight excluding hydrogens is 194 g/mol. The van der Waals surface area contributed by atoms with Crippen molar-refractivity contribution in [2.75, 3.05) is 6.54 Å². The second kappa shape index (κ2) is 3.33. The van der Waals surface area contributed by atoms with Gasteiger partial charge in [-0.05, 0) is 43.6 Å². The topological polar surface area (TPSA) is 26.0 Å². The van der Waals surface area contributed by atoms with E-state index in [1.54, 1.807) is 0 Å². The number of hydrogen-bond acceptors (Lipinski definition) is 1. The third kappa shape index (κ3) is 1.34. The van der Waals surface area contributed by atoms with Crippen molar-refractivity contribution in [1.82, 2.24) is 0 Å². The smallest absolute Gasteiger partial charge is 0.00861 e. The molecule has 1 aromatic rings. The molecule has 16 heavy (non-hydrogen) atoms. The zero-order valence-corrected chi connectivity index (χ0v) is 10.1. The first-order valence-electron chi connectivity index (χ1n) is 6.45. The molecule has 2 N–H and O–H groups in total. The molecule has 1 aromatic carbocycles. The summed E-state index contributed by atoms with van der Waals surface area (Å²) in [5, 5.41) is 0. The first-order valence-corrected chi connectivity index (χ1v) is 6.45. The number of aryl methyl sites for hydroxylation is 1. The van der Waals surface area contributed by atoms with E-state index >= 15 is 0 Å². The normalized spacial score (nSPS) is 24.9. The van der Waals surface area contributed by atoms with E-state index in [1.165, 1.54) is 43.2 Å². The van der Waals surface area contributed by atoms with Gasteiger partial charge in [0.2, 0.25) is 0 Å². The van der Waals surface area contributed by atoms with Crippen LogP contribution in [0.3, 0.4) is 0 Å². The zero-order valence-electron chi connectivity index (χ0n) is 10.1. The summed E-state index contributed by atoms with van der Waals surface area (Å²) >= 11 is 0. The van der Waals surface area contributed by atoms with Crippen LogP contribution in [0.25, 0.3) is 0 Å². The summed E-state index contributed by atoms with van der Waals surface area (Å²) in [5.74, 6) is 0. The number of nitrogens with two attached hydrogens (primary N) is 1. The molecule has 0 aliphatic heterocycles. The Kier molecular flexibility index (Phi) is 2.16. The minimum absolute atomic E-state index is 0.314. The lowest BCUT2D eigenvalue weighted by Gasteiger charge is -2.61. The fourth-order valence-electron chi connectivity index (χ4n) is 3.79. The van der Waals surface area contributed by atoms with E-state index < -0.39 is 0 Å². The van der Waals surface area contributed by atoms with Gasteiger partial charge in [-0.3, -0.25) is 0 Å². The minimum Gasteiger partial charge on any atom is -0.330 e. The highest BCUT2D eigenvalue weighted by Gasteiger charge is 2.56. The summed E-state index contributed by atoms with van der Waals surface area (Å²) in [4.78, 5) is 0. The van der Waals surface area contributed by atoms with Gasteiger partial charge in [-0.25, -0.2) is 0 Å². The Labute approximate surface area is 98.0 Å². The first-order chi connectivity index (χ1) is 7.68. The summed E-state index contributed by atoms with van der Waals surface area (Å²) in [7, 11) is 0. The lowest BCUT2D eigenvalue weighted by molar-refractivity contribution is -0.0446.